The normalized spacial score (nSPS) is 15.9. The van der Waals surface area contributed by atoms with Crippen LogP contribution in [0.2, 0.25) is 0 Å². The largest absolute Gasteiger partial charge is 0.327 e. The topological polar surface area (TPSA) is 84.3 Å². The molecule has 2 heterocycles. The van der Waals surface area contributed by atoms with Gasteiger partial charge >= 0.3 is 0 Å². The van der Waals surface area contributed by atoms with Gasteiger partial charge in [0.25, 0.3) is 10.0 Å². The van der Waals surface area contributed by atoms with Crippen LogP contribution in [0.5, 0.6) is 0 Å². The SMILES string of the molecule is Cc1cccc(NC(=O)Cn2cnc(S(=O)(=O)N3CCCCC3)c2)c1. The molecule has 1 aliphatic rings. The fraction of sp³-hybridized carbons (Fsp3) is 0.412. The predicted molar refractivity (Wildman–Crippen MR) is 94.6 cm³/mol. The molecule has 134 valence electrons. The average Bonchev–Trinajstić information content (AvgIpc) is 3.05. The van der Waals surface area contributed by atoms with Crippen LogP contribution in [0.3, 0.4) is 0 Å². The second-order valence-electron chi connectivity index (χ2n) is 6.27. The number of nitrogens with zero attached hydrogens (tertiary/aromatic N) is 3. The van der Waals surface area contributed by atoms with Gasteiger partial charge in [-0.1, -0.05) is 18.6 Å². The van der Waals surface area contributed by atoms with E-state index in [2.05, 4.69) is 10.3 Å². The smallest absolute Gasteiger partial charge is 0.262 e. The molecule has 2 aromatic rings. The number of aryl methyl sites for hydroxylation is 1. The summed E-state index contributed by atoms with van der Waals surface area (Å²) in [5.41, 5.74) is 1.77. The zero-order valence-electron chi connectivity index (χ0n) is 14.2. The highest BCUT2D eigenvalue weighted by Crippen LogP contribution is 2.19. The Kier molecular flexibility index (Phi) is 5.19. The van der Waals surface area contributed by atoms with Gasteiger partial charge in [0.15, 0.2) is 5.03 Å². The van der Waals surface area contributed by atoms with Crippen molar-refractivity contribution < 1.29 is 13.2 Å². The lowest BCUT2D eigenvalue weighted by molar-refractivity contribution is -0.116. The van der Waals surface area contributed by atoms with E-state index >= 15 is 0 Å². The third-order valence-electron chi connectivity index (χ3n) is 4.16. The average molecular weight is 362 g/mol. The van der Waals surface area contributed by atoms with Crippen LogP contribution in [0.25, 0.3) is 0 Å². The van der Waals surface area contributed by atoms with Gasteiger partial charge in [0.2, 0.25) is 5.91 Å². The molecule has 0 saturated carbocycles. The van der Waals surface area contributed by atoms with Crippen LogP contribution >= 0.6 is 0 Å². The van der Waals surface area contributed by atoms with E-state index in [1.165, 1.54) is 21.4 Å². The number of imidazole rings is 1. The van der Waals surface area contributed by atoms with Gasteiger partial charge in [0, 0.05) is 25.0 Å². The van der Waals surface area contributed by atoms with E-state index in [1.54, 1.807) is 0 Å². The van der Waals surface area contributed by atoms with E-state index in [9.17, 15) is 13.2 Å². The van der Waals surface area contributed by atoms with Gasteiger partial charge in [0.05, 0.1) is 6.33 Å². The van der Waals surface area contributed by atoms with Crippen molar-refractivity contribution in [3.63, 3.8) is 0 Å². The van der Waals surface area contributed by atoms with E-state index in [4.69, 9.17) is 0 Å². The standard InChI is InChI=1S/C17H22N4O3S/c1-14-6-5-7-15(10-14)19-16(22)11-20-12-17(18-13-20)25(23,24)21-8-3-2-4-9-21/h5-7,10,12-13H,2-4,8-9,11H2,1H3,(H,19,22). The Morgan fingerprint density at radius 1 is 1.24 bits per heavy atom. The molecule has 1 aromatic heterocycles. The Balaban J connectivity index is 1.66. The number of rotatable bonds is 5. The summed E-state index contributed by atoms with van der Waals surface area (Å²) in [6.07, 6.45) is 5.60. The first-order chi connectivity index (χ1) is 11.9. The van der Waals surface area contributed by atoms with E-state index in [0.29, 0.717) is 18.8 Å². The van der Waals surface area contributed by atoms with Gasteiger partial charge in [-0.25, -0.2) is 13.4 Å². The number of carbonyl (C=O) groups is 1. The number of sulfonamides is 1. The van der Waals surface area contributed by atoms with Crippen LogP contribution in [-0.2, 0) is 21.4 Å². The molecule has 1 fully saturated rings. The highest BCUT2D eigenvalue weighted by atomic mass is 32.2. The van der Waals surface area contributed by atoms with Crippen LogP contribution in [0.4, 0.5) is 5.69 Å². The Morgan fingerprint density at radius 2 is 2.00 bits per heavy atom. The predicted octanol–water partition coefficient (Wildman–Crippen LogP) is 2.00. The molecule has 1 N–H and O–H groups in total. The number of hydrogen-bond acceptors (Lipinski definition) is 4. The molecule has 3 rings (SSSR count). The maximum Gasteiger partial charge on any atom is 0.262 e. The number of benzene rings is 1. The Hall–Kier alpha value is -2.19. The summed E-state index contributed by atoms with van der Waals surface area (Å²) in [5.74, 6) is -0.232. The molecule has 0 unspecified atom stereocenters. The first-order valence-corrected chi connectivity index (χ1v) is 9.77. The molecule has 1 aliphatic heterocycles. The summed E-state index contributed by atoms with van der Waals surface area (Å²) >= 11 is 0. The second-order valence-corrected chi connectivity index (χ2v) is 8.15. The molecule has 1 aromatic carbocycles. The quantitative estimate of drug-likeness (QED) is 0.882. The lowest BCUT2D eigenvalue weighted by Crippen LogP contribution is -2.35. The maximum atomic E-state index is 12.6. The minimum atomic E-state index is -3.57. The summed E-state index contributed by atoms with van der Waals surface area (Å²) in [4.78, 5) is 16.1. The summed E-state index contributed by atoms with van der Waals surface area (Å²) in [6, 6.07) is 7.50. The van der Waals surface area contributed by atoms with Crippen LogP contribution in [-0.4, -0.2) is 41.3 Å². The molecule has 1 saturated heterocycles. The molecule has 0 atom stereocenters. The number of carbonyl (C=O) groups excluding carboxylic acids is 1. The number of hydrogen-bond donors (Lipinski definition) is 1. The lowest BCUT2D eigenvalue weighted by atomic mass is 10.2. The van der Waals surface area contributed by atoms with E-state index < -0.39 is 10.0 Å². The third kappa shape index (κ3) is 4.26. The molecular formula is C17H22N4O3S. The van der Waals surface area contributed by atoms with Crippen molar-refractivity contribution in [2.45, 2.75) is 37.8 Å². The second kappa shape index (κ2) is 7.37. The highest BCUT2D eigenvalue weighted by molar-refractivity contribution is 7.89. The highest BCUT2D eigenvalue weighted by Gasteiger charge is 2.28. The lowest BCUT2D eigenvalue weighted by Gasteiger charge is -2.24. The van der Waals surface area contributed by atoms with Crippen LogP contribution in [0.15, 0.2) is 41.8 Å². The maximum absolute atomic E-state index is 12.6. The van der Waals surface area contributed by atoms with Gasteiger partial charge in [0.1, 0.15) is 6.54 Å². The van der Waals surface area contributed by atoms with Crippen molar-refractivity contribution >= 4 is 21.6 Å². The van der Waals surface area contributed by atoms with Crippen molar-refractivity contribution in [3.05, 3.63) is 42.4 Å². The van der Waals surface area contributed by atoms with Gasteiger partial charge in [-0.15, -0.1) is 0 Å². The van der Waals surface area contributed by atoms with Crippen molar-refractivity contribution in [2.75, 3.05) is 18.4 Å². The Labute approximate surface area is 147 Å². The zero-order valence-corrected chi connectivity index (χ0v) is 15.0. The number of aromatic nitrogens is 2. The molecule has 8 heteroatoms. The van der Waals surface area contributed by atoms with Crippen LogP contribution < -0.4 is 5.32 Å². The molecule has 0 aliphatic carbocycles. The molecule has 0 spiro atoms. The van der Waals surface area contributed by atoms with E-state index in [1.807, 2.05) is 31.2 Å². The summed E-state index contributed by atoms with van der Waals surface area (Å²) in [6.45, 7) is 3.02. The molecule has 0 radical (unpaired) electrons. The summed E-state index contributed by atoms with van der Waals surface area (Å²) in [5, 5.41) is 2.79. The first-order valence-electron chi connectivity index (χ1n) is 8.33. The Morgan fingerprint density at radius 3 is 2.72 bits per heavy atom. The monoisotopic (exact) mass is 362 g/mol. The van der Waals surface area contributed by atoms with Crippen molar-refractivity contribution in [1.82, 2.24) is 13.9 Å². The summed E-state index contributed by atoms with van der Waals surface area (Å²) < 4.78 is 28.1. The van der Waals surface area contributed by atoms with Crippen molar-refractivity contribution in [2.24, 2.45) is 0 Å². The first kappa shape index (κ1) is 17.6. The number of amides is 1. The van der Waals surface area contributed by atoms with E-state index in [-0.39, 0.29) is 17.5 Å². The molecular weight excluding hydrogens is 340 g/mol. The molecule has 1 amide bonds. The Bertz CT molecular complexity index is 854. The third-order valence-corrected chi connectivity index (χ3v) is 5.94. The summed E-state index contributed by atoms with van der Waals surface area (Å²) in [7, 11) is -3.57. The van der Waals surface area contributed by atoms with Gasteiger partial charge in [-0.2, -0.15) is 4.31 Å². The van der Waals surface area contributed by atoms with Crippen molar-refractivity contribution in [1.29, 1.82) is 0 Å². The van der Waals surface area contributed by atoms with Crippen LogP contribution in [0.1, 0.15) is 24.8 Å². The molecule has 25 heavy (non-hydrogen) atoms. The van der Waals surface area contributed by atoms with Gasteiger partial charge < -0.3 is 9.88 Å². The number of piperidine rings is 1. The fourth-order valence-electron chi connectivity index (χ4n) is 2.89. The van der Waals surface area contributed by atoms with Gasteiger partial charge in [-0.05, 0) is 37.5 Å². The minimum Gasteiger partial charge on any atom is -0.327 e. The van der Waals surface area contributed by atoms with E-state index in [0.717, 1.165) is 24.8 Å². The van der Waals surface area contributed by atoms with Crippen LogP contribution in [0, 0.1) is 6.92 Å². The number of anilines is 1. The zero-order chi connectivity index (χ0) is 17.9. The number of nitrogens with one attached hydrogen (secondary N) is 1. The minimum absolute atomic E-state index is 0.00208. The van der Waals surface area contributed by atoms with Crippen molar-refractivity contribution in [3.8, 4) is 0 Å². The fourth-order valence-corrected chi connectivity index (χ4v) is 4.34. The molecule has 0 bridgehead atoms. The van der Waals surface area contributed by atoms with Gasteiger partial charge in [-0.3, -0.25) is 4.79 Å². The molecule has 7 nitrogen and oxygen atoms in total.